The summed E-state index contributed by atoms with van der Waals surface area (Å²) in [7, 11) is 1.29. The highest BCUT2D eigenvalue weighted by molar-refractivity contribution is 5.98. The number of alkyl halides is 3. The summed E-state index contributed by atoms with van der Waals surface area (Å²) < 4.78 is 66.0. The predicted molar refractivity (Wildman–Crippen MR) is 140 cm³/mol. The Labute approximate surface area is 236 Å². The summed E-state index contributed by atoms with van der Waals surface area (Å²) in [5.41, 5.74) is -2.98. The molecular formula is C29H38F4N2O6. The fraction of sp³-hybridized carbons (Fsp3) is 0.690. The van der Waals surface area contributed by atoms with Crippen molar-refractivity contribution in [3.63, 3.8) is 0 Å². The van der Waals surface area contributed by atoms with Gasteiger partial charge in [-0.25, -0.2) is 4.39 Å². The number of carbonyl (C=O) groups is 3. The molecule has 228 valence electrons. The molecule has 3 aliphatic carbocycles. The van der Waals surface area contributed by atoms with E-state index in [0.717, 1.165) is 32.8 Å². The summed E-state index contributed by atoms with van der Waals surface area (Å²) >= 11 is 0. The van der Waals surface area contributed by atoms with Crippen molar-refractivity contribution < 1.29 is 46.5 Å². The van der Waals surface area contributed by atoms with Gasteiger partial charge in [0.2, 0.25) is 5.91 Å². The minimum atomic E-state index is -4.49. The van der Waals surface area contributed by atoms with Gasteiger partial charge in [0, 0.05) is 18.7 Å². The molecule has 0 spiro atoms. The molecule has 1 aromatic carbocycles. The summed E-state index contributed by atoms with van der Waals surface area (Å²) in [6.07, 6.45) is -1.17. The van der Waals surface area contributed by atoms with Gasteiger partial charge >= 0.3 is 12.1 Å². The van der Waals surface area contributed by atoms with Gasteiger partial charge in [-0.3, -0.25) is 14.4 Å². The van der Waals surface area contributed by atoms with Crippen molar-refractivity contribution in [1.82, 2.24) is 10.6 Å². The Bertz CT molecular complexity index is 1180. The molecule has 0 aliphatic heterocycles. The highest BCUT2D eigenvalue weighted by Gasteiger charge is 2.53. The van der Waals surface area contributed by atoms with Gasteiger partial charge in [-0.05, 0) is 83.6 Å². The van der Waals surface area contributed by atoms with Crippen molar-refractivity contribution in [3.05, 3.63) is 23.5 Å². The van der Waals surface area contributed by atoms with Crippen molar-refractivity contribution in [2.45, 2.75) is 84.0 Å². The first kappa shape index (κ1) is 30.9. The molecular weight excluding hydrogens is 548 g/mol. The predicted octanol–water partition coefficient (Wildman–Crippen LogP) is 5.10. The molecule has 0 unspecified atom stereocenters. The van der Waals surface area contributed by atoms with Crippen LogP contribution in [0.5, 0.6) is 11.5 Å². The van der Waals surface area contributed by atoms with Gasteiger partial charge in [-0.2, -0.15) is 13.2 Å². The van der Waals surface area contributed by atoms with Gasteiger partial charge in [0.1, 0.15) is 5.75 Å². The number of carbonyl (C=O) groups excluding carboxylic acids is 2. The Kier molecular flexibility index (Phi) is 8.53. The molecule has 12 heteroatoms. The molecule has 0 aromatic heterocycles. The van der Waals surface area contributed by atoms with Crippen molar-refractivity contribution in [2.75, 3.05) is 13.7 Å². The number of carboxylic acids is 1. The van der Waals surface area contributed by atoms with E-state index in [2.05, 4.69) is 10.6 Å². The lowest BCUT2D eigenvalue weighted by Crippen LogP contribution is -2.52. The van der Waals surface area contributed by atoms with Crippen LogP contribution in [0.4, 0.5) is 17.6 Å². The summed E-state index contributed by atoms with van der Waals surface area (Å²) in [6.45, 7) is 3.13. The molecule has 0 saturated heterocycles. The number of benzene rings is 1. The number of ether oxygens (including phenoxy) is 2. The van der Waals surface area contributed by atoms with E-state index in [4.69, 9.17) is 9.47 Å². The van der Waals surface area contributed by atoms with Gasteiger partial charge in [-0.1, -0.05) is 0 Å². The van der Waals surface area contributed by atoms with Gasteiger partial charge in [0.25, 0.3) is 5.91 Å². The second kappa shape index (κ2) is 11.3. The van der Waals surface area contributed by atoms with Crippen LogP contribution in [-0.2, 0) is 9.59 Å². The largest absolute Gasteiger partial charge is 0.496 e. The average Bonchev–Trinajstić information content (AvgIpc) is 3.51. The van der Waals surface area contributed by atoms with Gasteiger partial charge < -0.3 is 25.2 Å². The number of aliphatic carboxylic acids is 1. The number of amides is 2. The second-order valence-electron chi connectivity index (χ2n) is 12.6. The highest BCUT2D eigenvalue weighted by Crippen LogP contribution is 2.49. The third-order valence-corrected chi connectivity index (χ3v) is 9.33. The van der Waals surface area contributed by atoms with Gasteiger partial charge in [-0.15, -0.1) is 0 Å². The van der Waals surface area contributed by atoms with Crippen LogP contribution in [0.2, 0.25) is 0 Å². The summed E-state index contributed by atoms with van der Waals surface area (Å²) in [6, 6.07) is 1.68. The molecule has 4 atom stereocenters. The number of carboxylic acid groups (broad SMARTS) is 1. The zero-order chi connectivity index (χ0) is 30.3. The minimum absolute atomic E-state index is 0.00443. The molecule has 8 nitrogen and oxygen atoms in total. The molecule has 0 heterocycles. The topological polar surface area (TPSA) is 114 Å². The average molecular weight is 587 g/mol. The standard InChI is InChI=1S/C29H38F4N2O6/c1-27(2,29(31,32)33)14-34-25(37)22-15-5-6-16(11-15)23(22)35-24(36)18-12-21(19(30)13-20(18)40-4)41-17-7-9-28(3,10-8-17)26(38)39/h12-13,15-17,22-23H,5-11,14H2,1-4H3,(H,34,37)(H,35,36)(H,38,39)/t15-,16+,17?,22+,23-,28?/m1/s1. The van der Waals surface area contributed by atoms with Gasteiger partial charge in [0.05, 0.1) is 35.5 Å². The van der Waals surface area contributed by atoms with Crippen LogP contribution in [0, 0.1) is 34.4 Å². The zero-order valence-corrected chi connectivity index (χ0v) is 23.7. The van der Waals surface area contributed by atoms with E-state index in [9.17, 15) is 37.1 Å². The van der Waals surface area contributed by atoms with E-state index in [1.54, 1.807) is 6.92 Å². The third kappa shape index (κ3) is 6.25. The molecule has 2 bridgehead atoms. The van der Waals surface area contributed by atoms with Crippen molar-refractivity contribution >= 4 is 17.8 Å². The molecule has 2 amide bonds. The second-order valence-corrected chi connectivity index (χ2v) is 12.6. The van der Waals surface area contributed by atoms with Crippen molar-refractivity contribution in [3.8, 4) is 11.5 Å². The lowest BCUT2D eigenvalue weighted by atomic mass is 9.75. The number of halogens is 4. The molecule has 1 aromatic rings. The maximum atomic E-state index is 14.9. The number of methoxy groups -OCH3 is 1. The Morgan fingerprint density at radius 3 is 2.27 bits per heavy atom. The molecule has 4 rings (SSSR count). The number of hydrogen-bond acceptors (Lipinski definition) is 5. The molecule has 3 N–H and O–H groups in total. The highest BCUT2D eigenvalue weighted by atomic mass is 19.4. The van der Waals surface area contributed by atoms with Crippen molar-refractivity contribution in [2.24, 2.45) is 28.6 Å². The Morgan fingerprint density at radius 1 is 1.05 bits per heavy atom. The van der Waals surface area contributed by atoms with Crippen LogP contribution in [-0.4, -0.2) is 54.9 Å². The number of nitrogens with one attached hydrogen (secondary N) is 2. The zero-order valence-electron chi connectivity index (χ0n) is 23.7. The molecule has 41 heavy (non-hydrogen) atoms. The first-order valence-electron chi connectivity index (χ1n) is 14.0. The summed E-state index contributed by atoms with van der Waals surface area (Å²) in [5.74, 6) is -3.73. The van der Waals surface area contributed by atoms with E-state index in [0.29, 0.717) is 32.1 Å². The molecule has 3 saturated carbocycles. The fourth-order valence-corrected chi connectivity index (χ4v) is 6.34. The van der Waals surface area contributed by atoms with Crippen LogP contribution < -0.4 is 20.1 Å². The first-order chi connectivity index (χ1) is 19.1. The summed E-state index contributed by atoms with van der Waals surface area (Å²) in [4.78, 5) is 38.1. The van der Waals surface area contributed by atoms with E-state index in [1.807, 2.05) is 0 Å². The Balaban J connectivity index is 1.48. The van der Waals surface area contributed by atoms with Crippen LogP contribution in [0.25, 0.3) is 0 Å². The monoisotopic (exact) mass is 586 g/mol. The van der Waals surface area contributed by atoms with Crippen LogP contribution in [0.1, 0.15) is 76.1 Å². The molecule has 3 aliphatic rings. The van der Waals surface area contributed by atoms with Crippen LogP contribution in [0.15, 0.2) is 12.1 Å². The van der Waals surface area contributed by atoms with E-state index in [-0.39, 0.29) is 28.9 Å². The Morgan fingerprint density at radius 2 is 1.68 bits per heavy atom. The lowest BCUT2D eigenvalue weighted by Gasteiger charge is -2.34. The minimum Gasteiger partial charge on any atom is -0.496 e. The lowest BCUT2D eigenvalue weighted by molar-refractivity contribution is -0.209. The first-order valence-corrected chi connectivity index (χ1v) is 14.0. The molecule has 0 radical (unpaired) electrons. The fourth-order valence-electron chi connectivity index (χ4n) is 6.34. The van der Waals surface area contributed by atoms with Crippen LogP contribution >= 0.6 is 0 Å². The summed E-state index contributed by atoms with van der Waals surface area (Å²) in [5, 5.41) is 14.8. The number of fused-ring (bicyclic) bond motifs is 2. The van der Waals surface area contributed by atoms with Crippen molar-refractivity contribution in [1.29, 1.82) is 0 Å². The quantitative estimate of drug-likeness (QED) is 0.347. The number of rotatable bonds is 9. The van der Waals surface area contributed by atoms with E-state index in [1.165, 1.54) is 13.2 Å². The maximum Gasteiger partial charge on any atom is 0.395 e. The molecule has 3 fully saturated rings. The SMILES string of the molecule is COc1cc(F)c(OC2CCC(C)(C(=O)O)CC2)cc1C(=O)N[C@@H]1[C@H]2CC[C@H](C2)[C@@H]1C(=O)NCC(C)(C)C(F)(F)F. The van der Waals surface area contributed by atoms with E-state index < -0.39 is 65.2 Å². The Hall–Kier alpha value is -3.05. The van der Waals surface area contributed by atoms with Crippen LogP contribution in [0.3, 0.4) is 0 Å². The van der Waals surface area contributed by atoms with E-state index >= 15 is 0 Å². The third-order valence-electron chi connectivity index (χ3n) is 9.33. The maximum absolute atomic E-state index is 14.9. The number of hydrogen-bond donors (Lipinski definition) is 3. The smallest absolute Gasteiger partial charge is 0.395 e. The van der Waals surface area contributed by atoms with Gasteiger partial charge in [0.15, 0.2) is 11.6 Å². The normalized spacial score (nSPS) is 29.6.